The maximum Gasteiger partial charge on any atom is 0.418 e. The summed E-state index contributed by atoms with van der Waals surface area (Å²) in [6.07, 6.45) is -1.58. The number of piperazine rings is 1. The van der Waals surface area contributed by atoms with E-state index in [1.54, 1.807) is 11.8 Å². The van der Waals surface area contributed by atoms with Crippen LogP contribution < -0.4 is 10.2 Å². The van der Waals surface area contributed by atoms with Gasteiger partial charge in [-0.25, -0.2) is 4.98 Å². The second-order valence-electron chi connectivity index (χ2n) is 6.85. The van der Waals surface area contributed by atoms with Crippen LogP contribution in [0.5, 0.6) is 0 Å². The number of nitrogens with zero attached hydrogens (tertiary/aromatic N) is 3. The fourth-order valence-corrected chi connectivity index (χ4v) is 3.13. The number of aromatic nitrogens is 2. The molecule has 1 aliphatic heterocycles. The van der Waals surface area contributed by atoms with E-state index in [4.69, 9.17) is 0 Å². The number of benzene rings is 1. The third-order valence-corrected chi connectivity index (χ3v) is 4.67. The molecule has 0 radical (unpaired) electrons. The molecule has 0 unspecified atom stereocenters. The Bertz CT molecular complexity index is 878. The molecular formula is C19H21F3N5O2+. The van der Waals surface area contributed by atoms with Gasteiger partial charge in [0.2, 0.25) is 0 Å². The monoisotopic (exact) mass is 408 g/mol. The van der Waals surface area contributed by atoms with Gasteiger partial charge < -0.3 is 15.1 Å². The summed E-state index contributed by atoms with van der Waals surface area (Å²) in [5.41, 5.74) is -0.149. The third kappa shape index (κ3) is 5.29. The molecule has 154 valence electrons. The first-order valence-corrected chi connectivity index (χ1v) is 9.11. The minimum Gasteiger partial charge on any atom is -0.326 e. The van der Waals surface area contributed by atoms with Crippen LogP contribution >= 0.6 is 0 Å². The molecule has 3 rings (SSSR count). The molecule has 7 nitrogen and oxygen atoms in total. The largest absolute Gasteiger partial charge is 0.418 e. The second-order valence-corrected chi connectivity index (χ2v) is 6.85. The minimum atomic E-state index is -4.54. The number of anilines is 1. The van der Waals surface area contributed by atoms with E-state index < -0.39 is 17.6 Å². The maximum absolute atomic E-state index is 13.0. The van der Waals surface area contributed by atoms with Crippen molar-refractivity contribution < 1.29 is 27.7 Å². The van der Waals surface area contributed by atoms with E-state index in [0.29, 0.717) is 31.9 Å². The van der Waals surface area contributed by atoms with Gasteiger partial charge in [0, 0.05) is 6.20 Å². The van der Waals surface area contributed by atoms with Crippen LogP contribution in [0.15, 0.2) is 36.7 Å². The number of alkyl halides is 3. The number of carbonyl (C=O) groups excluding carboxylic acids is 2. The molecule has 1 aromatic heterocycles. The average molecular weight is 408 g/mol. The summed E-state index contributed by atoms with van der Waals surface area (Å²) in [6, 6.07) is 4.88. The van der Waals surface area contributed by atoms with Crippen molar-refractivity contribution in [2.24, 2.45) is 0 Å². The van der Waals surface area contributed by atoms with Gasteiger partial charge in [-0.2, -0.15) is 13.2 Å². The molecule has 10 heteroatoms. The zero-order chi connectivity index (χ0) is 21.0. The highest BCUT2D eigenvalue weighted by atomic mass is 19.4. The molecule has 2 aromatic rings. The molecule has 1 aromatic carbocycles. The Labute approximate surface area is 165 Å². The Hall–Kier alpha value is -3.01. The number of halogens is 3. The number of quaternary nitrogens is 1. The molecule has 29 heavy (non-hydrogen) atoms. The number of aryl methyl sites for hydroxylation is 1. The maximum atomic E-state index is 13.0. The van der Waals surface area contributed by atoms with Crippen molar-refractivity contribution in [3.05, 3.63) is 53.6 Å². The lowest BCUT2D eigenvalue weighted by Gasteiger charge is -2.31. The highest BCUT2D eigenvalue weighted by molar-refractivity contribution is 5.93. The Balaban J connectivity index is 1.53. The smallest absolute Gasteiger partial charge is 0.326 e. The Morgan fingerprint density at radius 3 is 2.45 bits per heavy atom. The topological polar surface area (TPSA) is 79.6 Å². The number of rotatable bonds is 4. The van der Waals surface area contributed by atoms with E-state index in [0.717, 1.165) is 11.0 Å². The molecule has 0 atom stereocenters. The first kappa shape index (κ1) is 20.7. The summed E-state index contributed by atoms with van der Waals surface area (Å²) in [6.45, 7) is 3.69. The molecular weight excluding hydrogens is 387 g/mol. The van der Waals surface area contributed by atoms with E-state index in [1.807, 2.05) is 0 Å². The van der Waals surface area contributed by atoms with Gasteiger partial charge in [0.15, 0.2) is 6.54 Å². The number of hydrogen-bond acceptors (Lipinski definition) is 4. The molecule has 0 spiro atoms. The van der Waals surface area contributed by atoms with Crippen molar-refractivity contribution in [1.82, 2.24) is 14.9 Å². The SMILES string of the molecule is Cc1cnc(C(=O)N2CC[NH+](CC(=O)Nc3ccccc3C(F)(F)F)CC2)cn1. The van der Waals surface area contributed by atoms with Crippen LogP contribution in [0.4, 0.5) is 18.9 Å². The number of nitrogens with one attached hydrogen (secondary N) is 2. The van der Waals surface area contributed by atoms with Gasteiger partial charge in [-0.1, -0.05) is 12.1 Å². The molecule has 1 fully saturated rings. The van der Waals surface area contributed by atoms with E-state index in [1.165, 1.54) is 30.6 Å². The Kier molecular flexibility index (Phi) is 6.12. The lowest BCUT2D eigenvalue weighted by atomic mass is 10.1. The highest BCUT2D eigenvalue weighted by Gasteiger charge is 2.34. The van der Waals surface area contributed by atoms with Crippen molar-refractivity contribution in [1.29, 1.82) is 0 Å². The molecule has 2 heterocycles. The van der Waals surface area contributed by atoms with Crippen molar-refractivity contribution in [2.45, 2.75) is 13.1 Å². The van der Waals surface area contributed by atoms with Gasteiger partial charge in [-0.05, 0) is 19.1 Å². The van der Waals surface area contributed by atoms with Crippen LogP contribution in [0.1, 0.15) is 21.7 Å². The highest BCUT2D eigenvalue weighted by Crippen LogP contribution is 2.34. The van der Waals surface area contributed by atoms with Crippen LogP contribution in [0.25, 0.3) is 0 Å². The van der Waals surface area contributed by atoms with Gasteiger partial charge >= 0.3 is 6.18 Å². The van der Waals surface area contributed by atoms with E-state index >= 15 is 0 Å². The van der Waals surface area contributed by atoms with E-state index in [9.17, 15) is 22.8 Å². The average Bonchev–Trinajstić information content (AvgIpc) is 2.68. The van der Waals surface area contributed by atoms with Crippen LogP contribution in [0.3, 0.4) is 0 Å². The van der Waals surface area contributed by atoms with Crippen molar-refractivity contribution in [2.75, 3.05) is 38.0 Å². The summed E-state index contributed by atoms with van der Waals surface area (Å²) >= 11 is 0. The van der Waals surface area contributed by atoms with Gasteiger partial charge in [0.05, 0.1) is 49.3 Å². The lowest BCUT2D eigenvalue weighted by Crippen LogP contribution is -3.15. The van der Waals surface area contributed by atoms with Crippen molar-refractivity contribution in [3.63, 3.8) is 0 Å². The third-order valence-electron chi connectivity index (χ3n) is 4.67. The number of para-hydroxylation sites is 1. The molecule has 2 N–H and O–H groups in total. The lowest BCUT2D eigenvalue weighted by molar-refractivity contribution is -0.895. The molecule has 1 aliphatic rings. The zero-order valence-corrected chi connectivity index (χ0v) is 15.8. The van der Waals surface area contributed by atoms with Crippen LogP contribution in [-0.2, 0) is 11.0 Å². The molecule has 0 saturated carbocycles. The quantitative estimate of drug-likeness (QED) is 0.784. The van der Waals surface area contributed by atoms with Crippen LogP contribution in [-0.4, -0.2) is 59.4 Å². The molecule has 1 saturated heterocycles. The van der Waals surface area contributed by atoms with E-state index in [2.05, 4.69) is 15.3 Å². The van der Waals surface area contributed by atoms with Gasteiger partial charge in [-0.3, -0.25) is 14.6 Å². The first-order valence-electron chi connectivity index (χ1n) is 9.11. The van der Waals surface area contributed by atoms with Gasteiger partial charge in [0.25, 0.3) is 11.8 Å². The standard InChI is InChI=1S/C19H20F3N5O2/c1-13-10-24-16(11-23-13)18(29)27-8-6-26(7-9-27)12-17(28)25-15-5-3-2-4-14(15)19(20,21)22/h2-5,10-11H,6-9,12H2,1H3,(H,25,28)/p+1. The van der Waals surface area contributed by atoms with E-state index in [-0.39, 0.29) is 23.8 Å². The second kappa shape index (κ2) is 8.56. The molecule has 2 amide bonds. The van der Waals surface area contributed by atoms with Crippen LogP contribution in [0.2, 0.25) is 0 Å². The summed E-state index contributed by atoms with van der Waals surface area (Å²) in [5.74, 6) is -0.721. The summed E-state index contributed by atoms with van der Waals surface area (Å²) in [5, 5.41) is 2.35. The Morgan fingerprint density at radius 1 is 1.14 bits per heavy atom. The fourth-order valence-electron chi connectivity index (χ4n) is 3.13. The zero-order valence-electron chi connectivity index (χ0n) is 15.8. The summed E-state index contributed by atoms with van der Waals surface area (Å²) in [7, 11) is 0. The van der Waals surface area contributed by atoms with Crippen molar-refractivity contribution in [3.8, 4) is 0 Å². The number of amides is 2. The minimum absolute atomic E-state index is 0.0263. The summed E-state index contributed by atoms with van der Waals surface area (Å²) < 4.78 is 39.1. The van der Waals surface area contributed by atoms with Crippen molar-refractivity contribution >= 4 is 17.5 Å². The molecule has 0 bridgehead atoms. The number of hydrogen-bond donors (Lipinski definition) is 2. The fraction of sp³-hybridized carbons (Fsp3) is 0.368. The predicted molar refractivity (Wildman–Crippen MR) is 98.3 cm³/mol. The normalized spacial score (nSPS) is 15.2. The summed E-state index contributed by atoms with van der Waals surface area (Å²) in [4.78, 5) is 35.3. The van der Waals surface area contributed by atoms with Crippen LogP contribution in [0, 0.1) is 6.92 Å². The predicted octanol–water partition coefficient (Wildman–Crippen LogP) is 0.783. The molecule has 0 aliphatic carbocycles. The van der Waals surface area contributed by atoms with Gasteiger partial charge in [0.1, 0.15) is 5.69 Å². The number of carbonyl (C=O) groups is 2. The van der Waals surface area contributed by atoms with Gasteiger partial charge in [-0.15, -0.1) is 0 Å². The first-order chi connectivity index (χ1) is 13.7. The Morgan fingerprint density at radius 2 is 1.83 bits per heavy atom.